The van der Waals surface area contributed by atoms with Crippen LogP contribution in [0.25, 0.3) is 0 Å². The quantitative estimate of drug-likeness (QED) is 0.454. The van der Waals surface area contributed by atoms with Gasteiger partial charge in [0, 0.05) is 45.2 Å². The number of ether oxygens (including phenoxy) is 3. The van der Waals surface area contributed by atoms with Crippen molar-refractivity contribution in [1.29, 1.82) is 0 Å². The van der Waals surface area contributed by atoms with Gasteiger partial charge in [-0.3, -0.25) is 9.69 Å². The molecule has 1 rings (SSSR count). The lowest BCUT2D eigenvalue weighted by Crippen LogP contribution is -2.47. The highest BCUT2D eigenvalue weighted by Crippen LogP contribution is 2.00. The van der Waals surface area contributed by atoms with Crippen molar-refractivity contribution >= 4 is 5.91 Å². The fourth-order valence-corrected chi connectivity index (χ4v) is 2.52. The topological polar surface area (TPSA) is 63.3 Å². The van der Waals surface area contributed by atoms with Crippen LogP contribution >= 0.6 is 0 Å². The van der Waals surface area contributed by atoms with Gasteiger partial charge >= 0.3 is 0 Å². The van der Waals surface area contributed by atoms with Crippen LogP contribution < -0.4 is 5.32 Å². The molecule has 0 bridgehead atoms. The van der Waals surface area contributed by atoms with Crippen LogP contribution in [0.15, 0.2) is 0 Å². The number of amides is 1. The van der Waals surface area contributed by atoms with Crippen molar-refractivity contribution in [1.82, 2.24) is 15.1 Å². The van der Waals surface area contributed by atoms with Gasteiger partial charge in [-0.1, -0.05) is 34.6 Å². The third-order valence-corrected chi connectivity index (χ3v) is 4.28. The summed E-state index contributed by atoms with van der Waals surface area (Å²) < 4.78 is 16.5. The standard InChI is InChI=1S/C18H37N3O4.C2H6/c1-4-20-6-8-21(9-7-20)10-12-24-14-16-25-15-13-23-11-5-19-18(22)17(2)3;1-2/h17H,4-16H2,1-3H3,(H,19,22);1-2H3. The van der Waals surface area contributed by atoms with Crippen molar-refractivity contribution in [2.24, 2.45) is 5.92 Å². The third-order valence-electron chi connectivity index (χ3n) is 4.28. The van der Waals surface area contributed by atoms with E-state index in [4.69, 9.17) is 14.2 Å². The minimum absolute atomic E-state index is 0.0179. The van der Waals surface area contributed by atoms with Gasteiger partial charge in [0.15, 0.2) is 0 Å². The minimum Gasteiger partial charge on any atom is -0.378 e. The summed E-state index contributed by atoms with van der Waals surface area (Å²) in [4.78, 5) is 16.3. The molecule has 1 N–H and O–H groups in total. The molecule has 1 heterocycles. The van der Waals surface area contributed by atoms with Crippen LogP contribution in [-0.4, -0.2) is 101 Å². The van der Waals surface area contributed by atoms with Crippen LogP contribution in [0.5, 0.6) is 0 Å². The number of piperazine rings is 1. The fourth-order valence-electron chi connectivity index (χ4n) is 2.52. The number of hydrogen-bond donors (Lipinski definition) is 1. The van der Waals surface area contributed by atoms with Gasteiger partial charge in [0.25, 0.3) is 0 Å². The number of carbonyl (C=O) groups is 1. The number of rotatable bonds is 14. The molecule has 0 atom stereocenters. The molecule has 0 aromatic heterocycles. The smallest absolute Gasteiger partial charge is 0.222 e. The Hall–Kier alpha value is -0.730. The molecular weight excluding hydrogens is 346 g/mol. The van der Waals surface area contributed by atoms with Gasteiger partial charge < -0.3 is 24.4 Å². The summed E-state index contributed by atoms with van der Waals surface area (Å²) >= 11 is 0. The maximum atomic E-state index is 11.3. The monoisotopic (exact) mass is 389 g/mol. The SMILES string of the molecule is CC.CCN1CCN(CCOCCOCCOCCNC(=O)C(C)C)CC1. The Labute approximate surface area is 166 Å². The number of nitrogens with one attached hydrogen (secondary N) is 1. The molecule has 0 aliphatic carbocycles. The molecule has 1 saturated heterocycles. The zero-order valence-corrected chi connectivity index (χ0v) is 18.3. The molecule has 1 aliphatic rings. The van der Waals surface area contributed by atoms with E-state index in [9.17, 15) is 4.79 Å². The first-order valence-electron chi connectivity index (χ1n) is 10.6. The lowest BCUT2D eigenvalue weighted by molar-refractivity contribution is -0.124. The van der Waals surface area contributed by atoms with E-state index in [1.165, 1.54) is 13.1 Å². The number of carbonyl (C=O) groups excluding carboxylic acids is 1. The molecule has 27 heavy (non-hydrogen) atoms. The highest BCUT2D eigenvalue weighted by atomic mass is 16.5. The second kappa shape index (κ2) is 18.6. The van der Waals surface area contributed by atoms with Crippen molar-refractivity contribution in [3.8, 4) is 0 Å². The van der Waals surface area contributed by atoms with Gasteiger partial charge in [-0.2, -0.15) is 0 Å². The first-order chi connectivity index (χ1) is 13.1. The average molecular weight is 390 g/mol. The minimum atomic E-state index is 0.0179. The van der Waals surface area contributed by atoms with E-state index in [0.29, 0.717) is 39.6 Å². The Morgan fingerprint density at radius 3 is 1.85 bits per heavy atom. The summed E-state index contributed by atoms with van der Waals surface area (Å²) in [6.07, 6.45) is 0. The molecular formula is C20H43N3O4. The van der Waals surface area contributed by atoms with E-state index in [-0.39, 0.29) is 11.8 Å². The van der Waals surface area contributed by atoms with E-state index in [2.05, 4.69) is 22.0 Å². The van der Waals surface area contributed by atoms with Gasteiger partial charge in [-0.05, 0) is 6.54 Å². The van der Waals surface area contributed by atoms with Gasteiger partial charge in [-0.15, -0.1) is 0 Å². The van der Waals surface area contributed by atoms with Gasteiger partial charge in [0.1, 0.15) is 0 Å². The molecule has 0 spiro atoms. The van der Waals surface area contributed by atoms with Crippen LogP contribution in [0.1, 0.15) is 34.6 Å². The Bertz CT molecular complexity index is 335. The van der Waals surface area contributed by atoms with Crippen molar-refractivity contribution in [3.05, 3.63) is 0 Å². The Morgan fingerprint density at radius 1 is 0.852 bits per heavy atom. The molecule has 0 aromatic carbocycles. The second-order valence-electron chi connectivity index (χ2n) is 6.56. The van der Waals surface area contributed by atoms with Crippen LogP contribution in [0.4, 0.5) is 0 Å². The van der Waals surface area contributed by atoms with Crippen molar-refractivity contribution in [3.63, 3.8) is 0 Å². The van der Waals surface area contributed by atoms with E-state index in [1.54, 1.807) is 0 Å². The summed E-state index contributed by atoms with van der Waals surface area (Å²) in [6, 6.07) is 0. The highest BCUT2D eigenvalue weighted by molar-refractivity contribution is 5.77. The van der Waals surface area contributed by atoms with E-state index < -0.39 is 0 Å². The Kier molecular flexibility index (Phi) is 18.1. The second-order valence-corrected chi connectivity index (χ2v) is 6.56. The average Bonchev–Trinajstić information content (AvgIpc) is 2.70. The van der Waals surface area contributed by atoms with Gasteiger partial charge in [0.2, 0.25) is 5.91 Å². The number of nitrogens with zero attached hydrogens (tertiary/aromatic N) is 2. The summed E-state index contributed by atoms with van der Waals surface area (Å²) in [5, 5.41) is 2.81. The summed E-state index contributed by atoms with van der Waals surface area (Å²) in [5.74, 6) is 0.0773. The molecule has 1 aliphatic heterocycles. The molecule has 0 saturated carbocycles. The molecule has 0 radical (unpaired) electrons. The summed E-state index contributed by atoms with van der Waals surface area (Å²) in [5.41, 5.74) is 0. The van der Waals surface area contributed by atoms with Crippen molar-refractivity contribution < 1.29 is 19.0 Å². The number of likely N-dealkylation sites (N-methyl/N-ethyl adjacent to an activating group) is 1. The van der Waals surface area contributed by atoms with E-state index in [1.807, 2.05) is 27.7 Å². The molecule has 0 unspecified atom stereocenters. The fraction of sp³-hybridized carbons (Fsp3) is 0.950. The normalized spacial score (nSPS) is 15.5. The van der Waals surface area contributed by atoms with Crippen LogP contribution in [0, 0.1) is 5.92 Å². The van der Waals surface area contributed by atoms with Gasteiger partial charge in [-0.25, -0.2) is 0 Å². The maximum absolute atomic E-state index is 11.3. The van der Waals surface area contributed by atoms with E-state index in [0.717, 1.165) is 32.8 Å². The summed E-state index contributed by atoms with van der Waals surface area (Å²) in [7, 11) is 0. The molecule has 1 amide bonds. The van der Waals surface area contributed by atoms with Crippen LogP contribution in [-0.2, 0) is 19.0 Å². The molecule has 7 nitrogen and oxygen atoms in total. The largest absolute Gasteiger partial charge is 0.378 e. The molecule has 1 fully saturated rings. The maximum Gasteiger partial charge on any atom is 0.222 e. The lowest BCUT2D eigenvalue weighted by atomic mass is 10.2. The molecule has 0 aromatic rings. The Balaban J connectivity index is 0.00000326. The van der Waals surface area contributed by atoms with Crippen LogP contribution in [0.2, 0.25) is 0 Å². The number of hydrogen-bond acceptors (Lipinski definition) is 6. The highest BCUT2D eigenvalue weighted by Gasteiger charge is 2.14. The van der Waals surface area contributed by atoms with E-state index >= 15 is 0 Å². The van der Waals surface area contributed by atoms with Crippen LogP contribution in [0.3, 0.4) is 0 Å². The third kappa shape index (κ3) is 14.9. The molecule has 7 heteroatoms. The Morgan fingerprint density at radius 2 is 1.33 bits per heavy atom. The first-order valence-corrected chi connectivity index (χ1v) is 10.6. The zero-order chi connectivity index (χ0) is 20.3. The predicted molar refractivity (Wildman–Crippen MR) is 110 cm³/mol. The first kappa shape index (κ1) is 26.3. The lowest BCUT2D eigenvalue weighted by Gasteiger charge is -2.33. The molecule has 162 valence electrons. The predicted octanol–water partition coefficient (Wildman–Crippen LogP) is 1.47. The summed E-state index contributed by atoms with van der Waals surface area (Å²) in [6.45, 7) is 20.9. The van der Waals surface area contributed by atoms with Gasteiger partial charge in [0.05, 0.1) is 39.6 Å². The van der Waals surface area contributed by atoms with Crippen molar-refractivity contribution in [2.75, 3.05) is 85.5 Å². The van der Waals surface area contributed by atoms with Crippen molar-refractivity contribution in [2.45, 2.75) is 34.6 Å². The zero-order valence-electron chi connectivity index (χ0n) is 18.3.